The van der Waals surface area contributed by atoms with E-state index >= 15 is 0 Å². The Morgan fingerprint density at radius 1 is 1.38 bits per heavy atom. The fourth-order valence-electron chi connectivity index (χ4n) is 2.19. The van der Waals surface area contributed by atoms with Gasteiger partial charge in [0.1, 0.15) is 0 Å². The summed E-state index contributed by atoms with van der Waals surface area (Å²) in [7, 11) is 0. The van der Waals surface area contributed by atoms with Crippen LogP contribution in [-0.4, -0.2) is 30.5 Å². The first-order valence-corrected chi connectivity index (χ1v) is 7.07. The maximum Gasteiger partial charge on any atom is 0.244 e. The lowest BCUT2D eigenvalue weighted by molar-refractivity contribution is -0.117. The molecular formula is C16H21NO4. The third kappa shape index (κ3) is 4.49. The molecule has 1 atom stereocenters. The van der Waals surface area contributed by atoms with Crippen LogP contribution in [0.25, 0.3) is 6.08 Å². The van der Waals surface area contributed by atoms with Crippen molar-refractivity contribution in [2.45, 2.75) is 26.3 Å². The second kappa shape index (κ2) is 7.13. The Hall–Kier alpha value is -2.01. The predicted octanol–water partition coefficient (Wildman–Crippen LogP) is 1.95. The summed E-state index contributed by atoms with van der Waals surface area (Å²) in [6.45, 7) is 4.28. The molecule has 1 heterocycles. The number of benzene rings is 1. The quantitative estimate of drug-likeness (QED) is 0.786. The summed E-state index contributed by atoms with van der Waals surface area (Å²) in [5.74, 6) is 1.60. The van der Waals surface area contributed by atoms with Crippen LogP contribution in [-0.2, 0) is 4.79 Å². The molecule has 114 valence electrons. The van der Waals surface area contributed by atoms with Gasteiger partial charge in [-0.25, -0.2) is 0 Å². The molecule has 0 aromatic heterocycles. The lowest BCUT2D eigenvalue weighted by atomic mass is 10.0. The molecule has 1 unspecified atom stereocenters. The molecule has 0 fully saturated rings. The first-order chi connectivity index (χ1) is 10.1. The topological polar surface area (TPSA) is 67.8 Å². The molecule has 0 aliphatic carbocycles. The van der Waals surface area contributed by atoms with E-state index in [0.29, 0.717) is 17.4 Å². The summed E-state index contributed by atoms with van der Waals surface area (Å²) < 4.78 is 10.5. The van der Waals surface area contributed by atoms with Crippen molar-refractivity contribution < 1.29 is 19.4 Å². The van der Waals surface area contributed by atoms with Crippen LogP contribution in [0.15, 0.2) is 24.3 Å². The van der Waals surface area contributed by atoms with E-state index in [1.807, 2.05) is 18.2 Å². The fraction of sp³-hybridized carbons (Fsp3) is 0.438. The molecule has 0 bridgehead atoms. The van der Waals surface area contributed by atoms with Crippen LogP contribution >= 0.6 is 0 Å². The minimum absolute atomic E-state index is 0.0538. The van der Waals surface area contributed by atoms with Gasteiger partial charge in [0.25, 0.3) is 0 Å². The molecule has 1 aliphatic rings. The van der Waals surface area contributed by atoms with Gasteiger partial charge in [0.2, 0.25) is 12.7 Å². The zero-order chi connectivity index (χ0) is 15.2. The van der Waals surface area contributed by atoms with E-state index in [0.717, 1.165) is 12.0 Å². The van der Waals surface area contributed by atoms with Crippen LogP contribution in [0, 0.1) is 5.92 Å². The molecule has 21 heavy (non-hydrogen) atoms. The number of aliphatic hydroxyl groups is 1. The Bertz CT molecular complexity index is 525. The number of amides is 1. The molecule has 1 aliphatic heterocycles. The second-order valence-corrected chi connectivity index (χ2v) is 5.46. The number of rotatable bonds is 6. The van der Waals surface area contributed by atoms with Gasteiger partial charge in [0, 0.05) is 6.08 Å². The highest BCUT2D eigenvalue weighted by atomic mass is 16.7. The summed E-state index contributed by atoms with van der Waals surface area (Å²) in [5.41, 5.74) is 0.860. The summed E-state index contributed by atoms with van der Waals surface area (Å²) in [4.78, 5) is 11.8. The number of fused-ring (bicyclic) bond motifs is 1. The highest BCUT2D eigenvalue weighted by molar-refractivity contribution is 5.92. The van der Waals surface area contributed by atoms with Crippen molar-refractivity contribution in [3.8, 4) is 11.5 Å². The number of aliphatic hydroxyl groups excluding tert-OH is 1. The molecule has 2 N–H and O–H groups in total. The second-order valence-electron chi connectivity index (χ2n) is 5.46. The summed E-state index contributed by atoms with van der Waals surface area (Å²) >= 11 is 0. The van der Waals surface area contributed by atoms with E-state index in [-0.39, 0.29) is 25.3 Å². The van der Waals surface area contributed by atoms with Crippen LogP contribution in [0.2, 0.25) is 0 Å². The highest BCUT2D eigenvalue weighted by Crippen LogP contribution is 2.32. The molecule has 0 radical (unpaired) electrons. The maximum atomic E-state index is 11.8. The largest absolute Gasteiger partial charge is 0.454 e. The Morgan fingerprint density at radius 3 is 2.86 bits per heavy atom. The average Bonchev–Trinajstić information content (AvgIpc) is 2.91. The normalized spacial score (nSPS) is 14.7. The zero-order valence-electron chi connectivity index (χ0n) is 12.3. The summed E-state index contributed by atoms with van der Waals surface area (Å²) in [6.07, 6.45) is 3.92. The van der Waals surface area contributed by atoms with Crippen molar-refractivity contribution in [3.63, 3.8) is 0 Å². The van der Waals surface area contributed by atoms with Gasteiger partial charge >= 0.3 is 0 Å². The summed E-state index contributed by atoms with van der Waals surface area (Å²) in [5, 5.41) is 12.0. The predicted molar refractivity (Wildman–Crippen MR) is 80.1 cm³/mol. The molecular weight excluding hydrogens is 270 g/mol. The third-order valence-corrected chi connectivity index (χ3v) is 3.15. The minimum Gasteiger partial charge on any atom is -0.454 e. The highest BCUT2D eigenvalue weighted by Gasteiger charge is 2.13. The van der Waals surface area contributed by atoms with Gasteiger partial charge in [-0.15, -0.1) is 0 Å². The zero-order valence-corrected chi connectivity index (χ0v) is 12.3. The van der Waals surface area contributed by atoms with E-state index in [1.54, 1.807) is 6.08 Å². The van der Waals surface area contributed by atoms with E-state index in [2.05, 4.69) is 19.2 Å². The van der Waals surface area contributed by atoms with Crippen molar-refractivity contribution in [1.29, 1.82) is 0 Å². The van der Waals surface area contributed by atoms with Crippen molar-refractivity contribution in [2.75, 3.05) is 13.4 Å². The molecule has 5 nitrogen and oxygen atoms in total. The average molecular weight is 291 g/mol. The first-order valence-electron chi connectivity index (χ1n) is 7.07. The Morgan fingerprint density at radius 2 is 2.14 bits per heavy atom. The SMILES string of the molecule is CC(C)CC(CO)NC(=O)C=Cc1ccc2c(c1)OCO2. The van der Waals surface area contributed by atoms with Gasteiger partial charge < -0.3 is 19.9 Å². The molecule has 0 spiro atoms. The minimum atomic E-state index is -0.215. The number of carbonyl (C=O) groups is 1. The molecule has 0 saturated heterocycles. The van der Waals surface area contributed by atoms with Gasteiger partial charge in [-0.3, -0.25) is 4.79 Å². The van der Waals surface area contributed by atoms with Crippen LogP contribution in [0.1, 0.15) is 25.8 Å². The lowest BCUT2D eigenvalue weighted by Gasteiger charge is -2.17. The lowest BCUT2D eigenvalue weighted by Crippen LogP contribution is -2.37. The first kappa shape index (κ1) is 15.4. The molecule has 1 aromatic rings. The Balaban J connectivity index is 1.92. The molecule has 1 aromatic carbocycles. The van der Waals surface area contributed by atoms with Gasteiger partial charge in [-0.2, -0.15) is 0 Å². The van der Waals surface area contributed by atoms with E-state index < -0.39 is 0 Å². The molecule has 2 rings (SSSR count). The van der Waals surface area contributed by atoms with Crippen LogP contribution in [0.3, 0.4) is 0 Å². The standard InChI is InChI=1S/C16H21NO4/c1-11(2)7-13(9-18)17-16(19)6-4-12-3-5-14-15(8-12)21-10-20-14/h3-6,8,11,13,18H,7,9-10H2,1-2H3,(H,17,19). The number of nitrogens with one attached hydrogen (secondary N) is 1. The smallest absolute Gasteiger partial charge is 0.244 e. The number of hydrogen-bond acceptors (Lipinski definition) is 4. The van der Waals surface area contributed by atoms with Crippen LogP contribution in [0.4, 0.5) is 0 Å². The number of hydrogen-bond donors (Lipinski definition) is 2. The summed E-state index contributed by atoms with van der Waals surface area (Å²) in [6, 6.07) is 5.28. The van der Waals surface area contributed by atoms with Crippen LogP contribution in [0.5, 0.6) is 11.5 Å². The Kier molecular flexibility index (Phi) is 5.22. The van der Waals surface area contributed by atoms with Gasteiger partial charge in [0.15, 0.2) is 11.5 Å². The van der Waals surface area contributed by atoms with Crippen molar-refractivity contribution in [3.05, 3.63) is 29.8 Å². The fourth-order valence-corrected chi connectivity index (χ4v) is 2.19. The maximum absolute atomic E-state index is 11.8. The monoisotopic (exact) mass is 291 g/mol. The van der Waals surface area contributed by atoms with Gasteiger partial charge in [0.05, 0.1) is 12.6 Å². The van der Waals surface area contributed by atoms with Crippen molar-refractivity contribution >= 4 is 12.0 Å². The molecule has 0 saturated carbocycles. The Labute approximate surface area is 124 Å². The van der Waals surface area contributed by atoms with Gasteiger partial charge in [-0.1, -0.05) is 19.9 Å². The molecule has 5 heteroatoms. The van der Waals surface area contributed by atoms with Gasteiger partial charge in [-0.05, 0) is 36.1 Å². The third-order valence-electron chi connectivity index (χ3n) is 3.15. The number of carbonyl (C=O) groups excluding carboxylic acids is 1. The number of ether oxygens (including phenoxy) is 2. The van der Waals surface area contributed by atoms with Crippen molar-refractivity contribution in [1.82, 2.24) is 5.32 Å². The van der Waals surface area contributed by atoms with E-state index in [9.17, 15) is 9.90 Å². The van der Waals surface area contributed by atoms with E-state index in [4.69, 9.17) is 9.47 Å². The van der Waals surface area contributed by atoms with Crippen molar-refractivity contribution in [2.24, 2.45) is 5.92 Å². The van der Waals surface area contributed by atoms with E-state index in [1.165, 1.54) is 6.08 Å². The van der Waals surface area contributed by atoms with Crippen LogP contribution < -0.4 is 14.8 Å². The molecule has 1 amide bonds.